The van der Waals surface area contributed by atoms with Gasteiger partial charge in [0.25, 0.3) is 5.91 Å². The Morgan fingerprint density at radius 1 is 1.08 bits per heavy atom. The molecule has 19 heteroatoms. The van der Waals surface area contributed by atoms with E-state index in [9.17, 15) is 40.8 Å². The summed E-state index contributed by atoms with van der Waals surface area (Å²) in [4.78, 5) is 62.1. The van der Waals surface area contributed by atoms with E-state index in [1.807, 2.05) is 13.0 Å². The fourth-order valence-corrected chi connectivity index (χ4v) is 10.2. The highest BCUT2D eigenvalue weighted by molar-refractivity contribution is 7.91. The predicted octanol–water partition coefficient (Wildman–Crippen LogP) is 5.74. The average molecular weight is 893 g/mol. The smallest absolute Gasteiger partial charge is 0.437 e. The number of carbonyl (C=O) groups is 4. The summed E-state index contributed by atoms with van der Waals surface area (Å²) in [5.74, 6) is -3.61. The van der Waals surface area contributed by atoms with Gasteiger partial charge in [-0.05, 0) is 110 Å². The van der Waals surface area contributed by atoms with Crippen LogP contribution < -0.4 is 30.6 Å². The lowest BCUT2D eigenvalue weighted by Gasteiger charge is -2.41. The highest BCUT2D eigenvalue weighted by Crippen LogP contribution is 2.54. The van der Waals surface area contributed by atoms with Gasteiger partial charge in [-0.1, -0.05) is 31.9 Å². The molecule has 15 nitrogen and oxygen atoms in total. The van der Waals surface area contributed by atoms with E-state index in [0.717, 1.165) is 0 Å². The van der Waals surface area contributed by atoms with Gasteiger partial charge < -0.3 is 35.5 Å². The molecule has 5 N–H and O–H groups in total. The summed E-state index contributed by atoms with van der Waals surface area (Å²) in [5.41, 5.74) is -0.495. The predicted molar refractivity (Wildman–Crippen MR) is 224 cm³/mol. The van der Waals surface area contributed by atoms with Gasteiger partial charge in [0.2, 0.25) is 21.8 Å². The molecule has 1 unspecified atom stereocenters. The third-order valence-electron chi connectivity index (χ3n) is 12.6. The van der Waals surface area contributed by atoms with Gasteiger partial charge in [0, 0.05) is 23.3 Å². The van der Waals surface area contributed by atoms with Crippen LogP contribution >= 0.6 is 0 Å². The summed E-state index contributed by atoms with van der Waals surface area (Å²) in [7, 11) is -1.16. The largest absolute Gasteiger partial charge is 0.497 e. The third kappa shape index (κ3) is 9.33. The summed E-state index contributed by atoms with van der Waals surface area (Å²) in [6, 6.07) is 2.00. The van der Waals surface area contributed by atoms with E-state index >= 15 is 0 Å². The Labute approximate surface area is 360 Å². The monoisotopic (exact) mass is 892 g/mol. The molecule has 2 aliphatic carbocycles. The molecular weight excluding hydrogens is 834 g/mol. The van der Waals surface area contributed by atoms with Crippen LogP contribution in [0.2, 0.25) is 0 Å². The second-order valence-electron chi connectivity index (χ2n) is 18.3. The van der Waals surface area contributed by atoms with Crippen LogP contribution in [-0.4, -0.2) is 96.4 Å². The molecule has 4 amide bonds. The molecule has 6 atom stereocenters. The Hall–Kier alpha value is -4.65. The number of sulfonamides is 1. The highest BCUT2D eigenvalue weighted by atomic mass is 32.2. The van der Waals surface area contributed by atoms with Crippen LogP contribution in [0.3, 0.4) is 0 Å². The molecule has 3 aliphatic heterocycles. The summed E-state index contributed by atoms with van der Waals surface area (Å²) < 4.78 is 89.9. The molecule has 2 saturated carbocycles. The van der Waals surface area contributed by atoms with E-state index < -0.39 is 96.9 Å². The minimum absolute atomic E-state index is 0.0842. The zero-order valence-corrected chi connectivity index (χ0v) is 37.2. The SMILES string of the molecule is CC[C@@H]1C[C@]2(C[C@H]3C(=O)NC4(C(=O)NS(=O)(=O)C5(C)CC5)C[C@H]4/C=C\CCCCC[C@H](NC(=O)OC(C)(C)C)C(=O)N3C2)Oc2c(C(F)(F)F)nc3ccc(OC)cc3c21.CN. The zero-order chi connectivity index (χ0) is 45.6. The number of halogens is 3. The molecule has 0 radical (unpaired) electrons. The maximum Gasteiger partial charge on any atom is 0.437 e. The molecular formula is C43H59F3N6O9S. The molecule has 62 heavy (non-hydrogen) atoms. The van der Waals surface area contributed by atoms with Crippen LogP contribution in [0.5, 0.6) is 11.5 Å². The Balaban J connectivity index is 0.00000316. The van der Waals surface area contributed by atoms with Crippen LogP contribution in [-0.2, 0) is 35.3 Å². The van der Waals surface area contributed by atoms with E-state index in [1.54, 1.807) is 32.9 Å². The molecule has 2 aromatic rings. The van der Waals surface area contributed by atoms with Crippen LogP contribution in [0.4, 0.5) is 18.0 Å². The van der Waals surface area contributed by atoms with Gasteiger partial charge >= 0.3 is 12.3 Å². The molecule has 342 valence electrons. The number of rotatable bonds is 6. The van der Waals surface area contributed by atoms with Crippen LogP contribution in [0.1, 0.15) is 122 Å². The molecule has 3 fully saturated rings. The number of benzene rings is 1. The first-order valence-electron chi connectivity index (χ1n) is 21.3. The Kier molecular flexibility index (Phi) is 13.0. The van der Waals surface area contributed by atoms with Gasteiger partial charge in [-0.15, -0.1) is 0 Å². The summed E-state index contributed by atoms with van der Waals surface area (Å²) >= 11 is 0. The van der Waals surface area contributed by atoms with Crippen molar-refractivity contribution in [3.8, 4) is 11.5 Å². The van der Waals surface area contributed by atoms with E-state index in [1.165, 1.54) is 38.1 Å². The molecule has 5 aliphatic rings. The number of fused-ring (bicyclic) bond motifs is 5. The number of hydrogen-bond donors (Lipinski definition) is 4. The van der Waals surface area contributed by atoms with Crippen molar-refractivity contribution in [1.29, 1.82) is 0 Å². The van der Waals surface area contributed by atoms with Gasteiger partial charge in [0.1, 0.15) is 34.6 Å². The van der Waals surface area contributed by atoms with Crippen molar-refractivity contribution in [3.05, 3.63) is 41.6 Å². The van der Waals surface area contributed by atoms with Crippen LogP contribution in [0, 0.1) is 5.92 Å². The fraction of sp³-hybridized carbons (Fsp3) is 0.651. The highest BCUT2D eigenvalue weighted by Gasteiger charge is 2.64. The van der Waals surface area contributed by atoms with Gasteiger partial charge in [0.05, 0.1) is 23.9 Å². The molecule has 1 aromatic carbocycles. The maximum absolute atomic E-state index is 15.0. The number of nitrogens with one attached hydrogen (secondary N) is 3. The molecule has 1 spiro atoms. The lowest BCUT2D eigenvalue weighted by molar-refractivity contribution is -0.144. The fourth-order valence-electron chi connectivity index (χ4n) is 8.89. The third-order valence-corrected chi connectivity index (χ3v) is 14.8. The van der Waals surface area contributed by atoms with Gasteiger partial charge in [-0.2, -0.15) is 13.2 Å². The van der Waals surface area contributed by atoms with Gasteiger partial charge in [-0.25, -0.2) is 18.2 Å². The lowest BCUT2D eigenvalue weighted by atomic mass is 9.78. The van der Waals surface area contributed by atoms with Crippen LogP contribution in [0.25, 0.3) is 10.9 Å². The Morgan fingerprint density at radius 3 is 2.42 bits per heavy atom. The standard InChI is InChI=1S/C42H54F3N5O9S.CH5N/c1-7-24-20-40(58-32-31(24)27-19-26(57-6)15-16-28(27)46-33(32)42(43,44)45)22-30-34(51)48-41(36(53)49-60(55,56)39(5)17-18-39)21-25(41)13-11-9-8-10-12-14-29(35(52)50(30)23-40)47-37(54)59-38(2,3)4;1-2/h11,13,15-16,19,24-25,29-30H,7-10,12,14,17-18,20-23H2,1-6H3,(H,47,54)(H,48,51)(H,49,53);2H2,1H3/b13-11-;/t24-,25-,29+,30+,40-,41?;/m1./s1. The first kappa shape index (κ1) is 46.8. The molecule has 7 rings (SSSR count). The number of amides is 4. The van der Waals surface area contributed by atoms with E-state index in [2.05, 4.69) is 26.1 Å². The summed E-state index contributed by atoms with van der Waals surface area (Å²) in [6.45, 7) is 8.04. The number of ether oxygens (including phenoxy) is 3. The maximum atomic E-state index is 15.0. The minimum atomic E-state index is -4.94. The molecule has 1 aromatic heterocycles. The lowest BCUT2D eigenvalue weighted by Crippen LogP contribution is -2.58. The first-order chi connectivity index (χ1) is 29.0. The van der Waals surface area contributed by atoms with E-state index in [4.69, 9.17) is 14.2 Å². The number of hydrogen-bond acceptors (Lipinski definition) is 11. The number of methoxy groups -OCH3 is 1. The Bertz CT molecular complexity index is 2230. The van der Waals surface area contributed by atoms with Crippen molar-refractivity contribution in [2.45, 2.75) is 151 Å². The minimum Gasteiger partial charge on any atom is -0.497 e. The van der Waals surface area contributed by atoms with Crippen molar-refractivity contribution in [1.82, 2.24) is 25.2 Å². The second kappa shape index (κ2) is 17.1. The van der Waals surface area contributed by atoms with Crippen molar-refractivity contribution >= 4 is 44.7 Å². The average Bonchev–Trinajstić information content (AvgIpc) is 4.09. The molecule has 0 bridgehead atoms. The second-order valence-corrected chi connectivity index (χ2v) is 20.5. The number of alkyl halides is 3. The number of allylic oxidation sites excluding steroid dienone is 1. The first-order valence-corrected chi connectivity index (χ1v) is 22.7. The molecule has 1 saturated heterocycles. The van der Waals surface area contributed by atoms with E-state index in [0.29, 0.717) is 56.1 Å². The summed E-state index contributed by atoms with van der Waals surface area (Å²) in [5, 5.41) is 5.91. The van der Waals surface area contributed by atoms with E-state index in [-0.39, 0.29) is 43.3 Å². The topological polar surface area (TPSA) is 208 Å². The van der Waals surface area contributed by atoms with Gasteiger partial charge in [-0.3, -0.25) is 19.1 Å². The normalized spacial score (nSPS) is 28.9. The number of nitrogens with zero attached hydrogens (tertiary/aromatic N) is 2. The quantitative estimate of drug-likeness (QED) is 0.257. The Morgan fingerprint density at radius 2 is 1.79 bits per heavy atom. The summed E-state index contributed by atoms with van der Waals surface area (Å²) in [6.07, 6.45) is 1.52. The number of aromatic nitrogens is 1. The van der Waals surface area contributed by atoms with Crippen molar-refractivity contribution in [2.24, 2.45) is 11.7 Å². The number of alkyl carbamates (subject to hydrolysis) is 1. The van der Waals surface area contributed by atoms with Gasteiger partial charge in [0.15, 0.2) is 11.4 Å². The number of nitrogens with two attached hydrogens (primary N) is 1. The molecule has 4 heterocycles. The van der Waals surface area contributed by atoms with Crippen LogP contribution in [0.15, 0.2) is 30.4 Å². The number of pyridine rings is 1. The van der Waals surface area contributed by atoms with Crippen molar-refractivity contribution in [3.63, 3.8) is 0 Å². The zero-order valence-electron chi connectivity index (χ0n) is 36.4. The van der Waals surface area contributed by atoms with Crippen molar-refractivity contribution < 1.29 is 55.0 Å². The van der Waals surface area contributed by atoms with Crippen molar-refractivity contribution in [2.75, 3.05) is 20.7 Å². The number of carbonyl (C=O) groups excluding carboxylic acids is 4.